The van der Waals surface area contributed by atoms with Crippen LogP contribution in [0.5, 0.6) is 0 Å². The molecule has 0 saturated carbocycles. The zero-order valence-electron chi connectivity index (χ0n) is 6.93. The number of hydrogen-bond donors (Lipinski definition) is 0. The highest BCUT2D eigenvalue weighted by molar-refractivity contribution is 5.69. The molecule has 0 aliphatic rings. The molecular formula is C7H14O3. The topological polar surface area (TPSA) is 35.5 Å². The third-order valence-corrected chi connectivity index (χ3v) is 0.851. The molecule has 0 aromatic heterocycles. The van der Waals surface area contributed by atoms with Crippen LogP contribution in [0.2, 0.25) is 0 Å². The van der Waals surface area contributed by atoms with Gasteiger partial charge >= 0.3 is 5.97 Å². The predicted molar refractivity (Wildman–Crippen MR) is 37.2 cm³/mol. The fourth-order valence-electron chi connectivity index (χ4n) is 0.555. The Kier molecular flexibility index (Phi) is 3.36. The van der Waals surface area contributed by atoms with Crippen molar-refractivity contribution in [3.63, 3.8) is 0 Å². The second kappa shape index (κ2) is 3.56. The summed E-state index contributed by atoms with van der Waals surface area (Å²) in [6, 6.07) is 0. The molecule has 0 unspecified atom stereocenters. The molecule has 0 atom stereocenters. The van der Waals surface area contributed by atoms with Crippen molar-refractivity contribution in [2.45, 2.75) is 27.2 Å². The Morgan fingerprint density at radius 1 is 1.40 bits per heavy atom. The van der Waals surface area contributed by atoms with Crippen molar-refractivity contribution in [3.05, 3.63) is 0 Å². The lowest BCUT2D eigenvalue weighted by atomic mass is 9.93. The van der Waals surface area contributed by atoms with E-state index in [0.29, 0.717) is 6.42 Å². The Balaban J connectivity index is 3.58. The van der Waals surface area contributed by atoms with Crippen LogP contribution in [-0.2, 0) is 14.6 Å². The van der Waals surface area contributed by atoms with Crippen molar-refractivity contribution >= 4 is 5.97 Å². The van der Waals surface area contributed by atoms with E-state index in [4.69, 9.17) is 0 Å². The monoisotopic (exact) mass is 146 g/mol. The fourth-order valence-corrected chi connectivity index (χ4v) is 0.555. The Morgan fingerprint density at radius 3 is 2.20 bits per heavy atom. The molecule has 10 heavy (non-hydrogen) atoms. The van der Waals surface area contributed by atoms with Crippen molar-refractivity contribution in [1.82, 2.24) is 0 Å². The molecule has 0 bridgehead atoms. The second-order valence-electron chi connectivity index (χ2n) is 3.36. The van der Waals surface area contributed by atoms with Gasteiger partial charge in [-0.25, -0.2) is 4.79 Å². The lowest BCUT2D eigenvalue weighted by Crippen LogP contribution is -2.14. The maximum atomic E-state index is 10.7. The molecule has 0 rings (SSSR count). The van der Waals surface area contributed by atoms with Crippen LogP contribution >= 0.6 is 0 Å². The summed E-state index contributed by atoms with van der Waals surface area (Å²) in [4.78, 5) is 19.2. The lowest BCUT2D eigenvalue weighted by molar-refractivity contribution is -0.256. The Morgan fingerprint density at radius 2 is 1.90 bits per heavy atom. The van der Waals surface area contributed by atoms with Gasteiger partial charge in [-0.05, 0) is 5.41 Å². The molecule has 0 radical (unpaired) electrons. The van der Waals surface area contributed by atoms with Crippen molar-refractivity contribution in [2.75, 3.05) is 7.11 Å². The maximum Gasteiger partial charge on any atom is 0.342 e. The molecule has 0 N–H and O–H groups in total. The summed E-state index contributed by atoms with van der Waals surface area (Å²) in [5, 5.41) is 0. The van der Waals surface area contributed by atoms with Gasteiger partial charge in [-0.2, -0.15) is 4.89 Å². The van der Waals surface area contributed by atoms with E-state index in [0.717, 1.165) is 0 Å². The van der Waals surface area contributed by atoms with Gasteiger partial charge in [-0.1, -0.05) is 20.8 Å². The van der Waals surface area contributed by atoms with Gasteiger partial charge in [0.05, 0.1) is 13.5 Å². The maximum absolute atomic E-state index is 10.7. The smallest absolute Gasteiger partial charge is 0.299 e. The van der Waals surface area contributed by atoms with Crippen molar-refractivity contribution in [3.8, 4) is 0 Å². The average molecular weight is 146 g/mol. The fraction of sp³-hybridized carbons (Fsp3) is 0.857. The molecule has 0 heterocycles. The van der Waals surface area contributed by atoms with Gasteiger partial charge in [-0.3, -0.25) is 4.89 Å². The van der Waals surface area contributed by atoms with Crippen LogP contribution in [0.4, 0.5) is 0 Å². The third-order valence-electron chi connectivity index (χ3n) is 0.851. The highest BCUT2D eigenvalue weighted by atomic mass is 17.2. The first-order chi connectivity index (χ1) is 4.45. The first-order valence-corrected chi connectivity index (χ1v) is 3.19. The van der Waals surface area contributed by atoms with Crippen LogP contribution < -0.4 is 0 Å². The summed E-state index contributed by atoms with van der Waals surface area (Å²) in [5.41, 5.74) is -0.0321. The Labute approximate surface area is 61.2 Å². The minimum Gasteiger partial charge on any atom is -0.299 e. The van der Waals surface area contributed by atoms with Gasteiger partial charge in [0.2, 0.25) is 0 Å². The first-order valence-electron chi connectivity index (χ1n) is 3.19. The first kappa shape index (κ1) is 9.43. The van der Waals surface area contributed by atoms with Gasteiger partial charge in [0.25, 0.3) is 0 Å². The Hall–Kier alpha value is -0.570. The van der Waals surface area contributed by atoms with E-state index >= 15 is 0 Å². The van der Waals surface area contributed by atoms with Gasteiger partial charge < -0.3 is 0 Å². The largest absolute Gasteiger partial charge is 0.342 e. The summed E-state index contributed by atoms with van der Waals surface area (Å²) in [6.45, 7) is 5.89. The predicted octanol–water partition coefficient (Wildman–Crippen LogP) is 1.53. The third kappa shape index (κ3) is 5.56. The van der Waals surface area contributed by atoms with E-state index in [-0.39, 0.29) is 11.4 Å². The van der Waals surface area contributed by atoms with E-state index in [1.54, 1.807) is 0 Å². The molecule has 60 valence electrons. The zero-order chi connectivity index (χ0) is 8.20. The van der Waals surface area contributed by atoms with Gasteiger partial charge in [0.1, 0.15) is 0 Å². The number of hydrogen-bond acceptors (Lipinski definition) is 3. The van der Waals surface area contributed by atoms with Crippen molar-refractivity contribution in [1.29, 1.82) is 0 Å². The lowest BCUT2D eigenvalue weighted by Gasteiger charge is -2.14. The summed E-state index contributed by atoms with van der Waals surface area (Å²) in [5.74, 6) is -0.324. The van der Waals surface area contributed by atoms with Crippen LogP contribution in [0.3, 0.4) is 0 Å². The van der Waals surface area contributed by atoms with Crippen LogP contribution in [0, 0.1) is 5.41 Å². The molecule has 3 heteroatoms. The molecule has 0 fully saturated rings. The van der Waals surface area contributed by atoms with E-state index in [1.165, 1.54) is 7.11 Å². The SMILES string of the molecule is COOC(=O)CC(C)(C)C. The van der Waals surface area contributed by atoms with Gasteiger partial charge in [-0.15, -0.1) is 0 Å². The highest BCUT2D eigenvalue weighted by Gasteiger charge is 2.17. The summed E-state index contributed by atoms with van der Waals surface area (Å²) >= 11 is 0. The number of rotatable bonds is 2. The minimum atomic E-state index is -0.324. The molecule has 0 spiro atoms. The molecule has 0 aliphatic heterocycles. The highest BCUT2D eigenvalue weighted by Crippen LogP contribution is 2.18. The summed E-state index contributed by atoms with van der Waals surface area (Å²) < 4.78 is 0. The zero-order valence-corrected chi connectivity index (χ0v) is 6.93. The van der Waals surface area contributed by atoms with Gasteiger partial charge in [0.15, 0.2) is 0 Å². The van der Waals surface area contributed by atoms with Gasteiger partial charge in [0, 0.05) is 0 Å². The van der Waals surface area contributed by atoms with Crippen molar-refractivity contribution < 1.29 is 14.6 Å². The molecule has 0 saturated heterocycles. The second-order valence-corrected chi connectivity index (χ2v) is 3.36. The van der Waals surface area contributed by atoms with Crippen LogP contribution in [0.15, 0.2) is 0 Å². The molecule has 0 amide bonds. The molecule has 0 aliphatic carbocycles. The van der Waals surface area contributed by atoms with E-state index in [1.807, 2.05) is 20.8 Å². The van der Waals surface area contributed by atoms with Crippen LogP contribution in [0.25, 0.3) is 0 Å². The minimum absolute atomic E-state index is 0.0321. The average Bonchev–Trinajstić information content (AvgIpc) is 1.59. The molecule has 3 nitrogen and oxygen atoms in total. The number of carbonyl (C=O) groups excluding carboxylic acids is 1. The van der Waals surface area contributed by atoms with E-state index in [9.17, 15) is 4.79 Å². The van der Waals surface area contributed by atoms with Crippen LogP contribution in [0.1, 0.15) is 27.2 Å². The quantitative estimate of drug-likeness (QED) is 0.437. The molecular weight excluding hydrogens is 132 g/mol. The Bertz CT molecular complexity index is 113. The van der Waals surface area contributed by atoms with E-state index < -0.39 is 0 Å². The molecule has 0 aromatic rings. The number of carbonyl (C=O) groups is 1. The van der Waals surface area contributed by atoms with Crippen molar-refractivity contribution in [2.24, 2.45) is 5.41 Å². The summed E-state index contributed by atoms with van der Waals surface area (Å²) in [6.07, 6.45) is 0.376. The van der Waals surface area contributed by atoms with Crippen LogP contribution in [-0.4, -0.2) is 13.1 Å². The normalized spacial score (nSPS) is 11.2. The molecule has 0 aromatic carbocycles. The summed E-state index contributed by atoms with van der Waals surface area (Å²) in [7, 11) is 1.32. The van der Waals surface area contributed by atoms with E-state index in [2.05, 4.69) is 9.78 Å². The standard InChI is InChI=1S/C7H14O3/c1-7(2,3)5-6(8)10-9-4/h5H2,1-4H3.